The van der Waals surface area contributed by atoms with Gasteiger partial charge in [-0.25, -0.2) is 0 Å². The maximum atomic E-state index is 2.59. The molecular formula is C51H43N. The van der Waals surface area contributed by atoms with Gasteiger partial charge in [0.1, 0.15) is 0 Å². The van der Waals surface area contributed by atoms with E-state index in [2.05, 4.69) is 198 Å². The average molecular weight is 670 g/mol. The van der Waals surface area contributed by atoms with Crippen molar-refractivity contribution >= 4 is 17.1 Å². The van der Waals surface area contributed by atoms with Crippen molar-refractivity contribution in [2.45, 2.75) is 57.8 Å². The van der Waals surface area contributed by atoms with Crippen molar-refractivity contribution in [1.29, 1.82) is 0 Å². The van der Waals surface area contributed by atoms with Crippen LogP contribution in [0, 0.1) is 0 Å². The van der Waals surface area contributed by atoms with E-state index in [1.54, 1.807) is 0 Å². The van der Waals surface area contributed by atoms with Gasteiger partial charge in [0.25, 0.3) is 0 Å². The number of hydrogen-bond acceptors (Lipinski definition) is 1. The lowest BCUT2D eigenvalue weighted by Crippen LogP contribution is -2.20. The quantitative estimate of drug-likeness (QED) is 0.180. The molecule has 0 radical (unpaired) electrons. The minimum Gasteiger partial charge on any atom is -0.309 e. The van der Waals surface area contributed by atoms with Gasteiger partial charge < -0.3 is 4.90 Å². The topological polar surface area (TPSA) is 3.24 Å². The van der Waals surface area contributed by atoms with Crippen LogP contribution in [-0.4, -0.2) is 0 Å². The van der Waals surface area contributed by atoms with Crippen molar-refractivity contribution in [2.75, 3.05) is 4.90 Å². The van der Waals surface area contributed by atoms with Gasteiger partial charge in [0.2, 0.25) is 0 Å². The minimum absolute atomic E-state index is 0.0617. The van der Waals surface area contributed by atoms with E-state index in [0.717, 1.165) is 5.69 Å². The minimum atomic E-state index is -0.149. The van der Waals surface area contributed by atoms with Crippen LogP contribution in [0.1, 0.15) is 74.9 Å². The summed E-state index contributed by atoms with van der Waals surface area (Å²) in [6.45, 7) is 14.4. The highest BCUT2D eigenvalue weighted by atomic mass is 15.1. The number of benzene rings is 7. The molecule has 0 heterocycles. The second-order valence-corrected chi connectivity index (χ2v) is 16.6. The van der Waals surface area contributed by atoms with Crippen molar-refractivity contribution in [2.24, 2.45) is 0 Å². The van der Waals surface area contributed by atoms with Gasteiger partial charge in [-0.2, -0.15) is 0 Å². The second kappa shape index (κ2) is 10.7. The van der Waals surface area contributed by atoms with Crippen molar-refractivity contribution in [3.05, 3.63) is 185 Å². The van der Waals surface area contributed by atoms with E-state index in [9.17, 15) is 0 Å². The summed E-state index contributed by atoms with van der Waals surface area (Å²) in [6.07, 6.45) is 0. The SMILES string of the molecule is CC1(C)c2ccccc2-c2cc(N(c3ccc(-c4ccccc4)cc3)c3c4c(cc5c3-c3ccccc3C5(C)C)C(C)(C)c3ccccc3-4)ccc21. The van der Waals surface area contributed by atoms with E-state index >= 15 is 0 Å². The molecule has 1 heteroatoms. The zero-order valence-corrected chi connectivity index (χ0v) is 30.9. The normalized spacial score (nSPS) is 16.0. The van der Waals surface area contributed by atoms with Crippen molar-refractivity contribution in [3.63, 3.8) is 0 Å². The highest BCUT2D eigenvalue weighted by Gasteiger charge is 2.46. The largest absolute Gasteiger partial charge is 0.309 e. The summed E-state index contributed by atoms with van der Waals surface area (Å²) in [4.78, 5) is 2.59. The van der Waals surface area contributed by atoms with Gasteiger partial charge in [-0.05, 0) is 91.0 Å². The van der Waals surface area contributed by atoms with Crippen LogP contribution in [0.4, 0.5) is 17.1 Å². The number of anilines is 3. The lowest BCUT2D eigenvalue weighted by Gasteiger charge is -2.33. The second-order valence-electron chi connectivity index (χ2n) is 16.6. The van der Waals surface area contributed by atoms with E-state index in [4.69, 9.17) is 0 Å². The molecule has 0 N–H and O–H groups in total. The van der Waals surface area contributed by atoms with Gasteiger partial charge in [-0.1, -0.05) is 169 Å². The van der Waals surface area contributed by atoms with Gasteiger partial charge >= 0.3 is 0 Å². The van der Waals surface area contributed by atoms with E-state index in [1.807, 2.05) is 0 Å². The molecular weight excluding hydrogens is 627 g/mol. The maximum Gasteiger partial charge on any atom is 0.0624 e. The number of hydrogen-bond donors (Lipinski definition) is 0. The van der Waals surface area contributed by atoms with Crippen LogP contribution in [0.3, 0.4) is 0 Å². The Balaban J connectivity index is 1.32. The Labute approximate surface area is 308 Å². The summed E-state index contributed by atoms with van der Waals surface area (Å²) in [7, 11) is 0. The fourth-order valence-electron chi connectivity index (χ4n) is 9.89. The molecule has 7 aromatic rings. The molecule has 3 aliphatic rings. The molecule has 0 aliphatic heterocycles. The smallest absolute Gasteiger partial charge is 0.0624 e. The highest BCUT2D eigenvalue weighted by Crippen LogP contribution is 2.63. The molecule has 52 heavy (non-hydrogen) atoms. The van der Waals surface area contributed by atoms with Gasteiger partial charge in [-0.15, -0.1) is 0 Å². The monoisotopic (exact) mass is 669 g/mol. The molecule has 1 nitrogen and oxygen atoms in total. The van der Waals surface area contributed by atoms with Crippen LogP contribution in [-0.2, 0) is 16.2 Å². The predicted molar refractivity (Wildman–Crippen MR) is 219 cm³/mol. The van der Waals surface area contributed by atoms with Crippen LogP contribution in [0.15, 0.2) is 152 Å². The molecule has 0 fully saturated rings. The molecule has 0 amide bonds. The lowest BCUT2D eigenvalue weighted by molar-refractivity contribution is 0.639. The Morgan fingerprint density at radius 1 is 0.327 bits per heavy atom. The first-order valence-corrected chi connectivity index (χ1v) is 18.7. The summed E-state index contributed by atoms with van der Waals surface area (Å²) < 4.78 is 0. The highest BCUT2D eigenvalue weighted by molar-refractivity contribution is 6.06. The Kier molecular flexibility index (Phi) is 6.39. The number of nitrogens with zero attached hydrogens (tertiary/aromatic N) is 1. The average Bonchev–Trinajstić information content (AvgIpc) is 3.65. The van der Waals surface area contributed by atoms with E-state index in [0.29, 0.717) is 0 Å². The molecule has 0 atom stereocenters. The molecule has 3 aliphatic carbocycles. The summed E-state index contributed by atoms with van der Waals surface area (Å²) in [6, 6.07) is 57.0. The van der Waals surface area contributed by atoms with Crippen LogP contribution >= 0.6 is 0 Å². The van der Waals surface area contributed by atoms with E-state index in [-0.39, 0.29) is 16.2 Å². The summed E-state index contributed by atoms with van der Waals surface area (Å²) in [5.74, 6) is 0. The third-order valence-corrected chi connectivity index (χ3v) is 12.7. The van der Waals surface area contributed by atoms with E-state index in [1.165, 1.54) is 89.3 Å². The van der Waals surface area contributed by atoms with Crippen LogP contribution in [0.2, 0.25) is 0 Å². The van der Waals surface area contributed by atoms with Gasteiger partial charge in [0, 0.05) is 38.7 Å². The van der Waals surface area contributed by atoms with Crippen LogP contribution < -0.4 is 4.90 Å². The summed E-state index contributed by atoms with van der Waals surface area (Å²) >= 11 is 0. The number of fused-ring (bicyclic) bond motifs is 9. The van der Waals surface area contributed by atoms with Crippen molar-refractivity contribution in [3.8, 4) is 44.5 Å². The molecule has 0 unspecified atom stereocenters. The van der Waals surface area contributed by atoms with Crippen molar-refractivity contribution in [1.82, 2.24) is 0 Å². The molecule has 0 spiro atoms. The lowest BCUT2D eigenvalue weighted by atomic mass is 9.77. The Morgan fingerprint density at radius 2 is 0.750 bits per heavy atom. The van der Waals surface area contributed by atoms with Crippen LogP contribution in [0.25, 0.3) is 44.5 Å². The first kappa shape index (κ1) is 31.1. The fourth-order valence-corrected chi connectivity index (χ4v) is 9.89. The Morgan fingerprint density at radius 3 is 1.33 bits per heavy atom. The third kappa shape index (κ3) is 4.11. The molecule has 252 valence electrons. The molecule has 7 aromatic carbocycles. The molecule has 0 saturated carbocycles. The molecule has 0 aromatic heterocycles. The van der Waals surface area contributed by atoms with Crippen molar-refractivity contribution < 1.29 is 0 Å². The van der Waals surface area contributed by atoms with Crippen LogP contribution in [0.5, 0.6) is 0 Å². The third-order valence-electron chi connectivity index (χ3n) is 12.7. The van der Waals surface area contributed by atoms with Gasteiger partial charge in [0.15, 0.2) is 0 Å². The first-order chi connectivity index (χ1) is 25.1. The summed E-state index contributed by atoms with van der Waals surface area (Å²) in [5, 5.41) is 0. The molecule has 0 bridgehead atoms. The maximum absolute atomic E-state index is 2.59. The predicted octanol–water partition coefficient (Wildman–Crippen LogP) is 13.7. The zero-order chi connectivity index (χ0) is 35.6. The number of rotatable bonds is 4. The fraction of sp³-hybridized carbons (Fsp3) is 0.176. The van der Waals surface area contributed by atoms with Gasteiger partial charge in [0.05, 0.1) is 5.69 Å². The Bertz CT molecular complexity index is 2500. The Hall–Kier alpha value is -5.66. The van der Waals surface area contributed by atoms with Gasteiger partial charge in [-0.3, -0.25) is 0 Å². The molecule has 0 saturated heterocycles. The molecule has 10 rings (SSSR count). The van der Waals surface area contributed by atoms with E-state index < -0.39 is 0 Å². The standard InChI is InChI=1S/C51H43N/c1-49(2)40-21-13-10-18-36(40)39-30-35(28-29-43(39)49)52(34-26-24-33(25-27-34)32-16-8-7-9-17-32)48-46-37-19-11-14-22-41(37)50(3,4)44(46)31-45-47(48)38-20-12-15-23-42(38)51(45,5)6/h7-31H,1-6H3. The first-order valence-electron chi connectivity index (χ1n) is 18.7. The zero-order valence-electron chi connectivity index (χ0n) is 30.9. The summed E-state index contributed by atoms with van der Waals surface area (Å²) in [5.41, 5.74) is 22.1.